The fraction of sp³-hybridized carbons (Fsp3) is 0.903. The molecule has 6 heteroatoms. The molecule has 0 fully saturated rings. The van der Waals surface area contributed by atoms with Gasteiger partial charge in [-0.3, -0.25) is 9.59 Å². The largest absolute Gasteiger partial charge is 0.466 e. The number of rotatable bonds is 57. The molecule has 402 valence electrons. The number of aliphatic hydroxyl groups excluding tert-OH is 2. The van der Waals surface area contributed by atoms with E-state index in [9.17, 15) is 19.8 Å². The summed E-state index contributed by atoms with van der Waals surface area (Å²) < 4.78 is 5.49. The molecule has 0 bridgehead atoms. The summed E-state index contributed by atoms with van der Waals surface area (Å²) in [4.78, 5) is 24.5. The molecule has 0 saturated carbocycles. The Kier molecular flexibility index (Phi) is 56.5. The van der Waals surface area contributed by atoms with Crippen LogP contribution in [0.4, 0.5) is 0 Å². The number of unbranched alkanes of at least 4 members (excludes halogenated alkanes) is 42. The molecule has 3 N–H and O–H groups in total. The molecule has 0 aliphatic rings. The van der Waals surface area contributed by atoms with E-state index in [4.69, 9.17) is 4.74 Å². The van der Waals surface area contributed by atoms with Gasteiger partial charge >= 0.3 is 5.97 Å². The van der Waals surface area contributed by atoms with Gasteiger partial charge < -0.3 is 20.3 Å². The Morgan fingerprint density at radius 3 is 1.13 bits per heavy atom. The van der Waals surface area contributed by atoms with Crippen LogP contribution in [0.15, 0.2) is 24.3 Å². The second-order valence-corrected chi connectivity index (χ2v) is 21.0. The first-order valence-electron chi connectivity index (χ1n) is 30.6. The van der Waals surface area contributed by atoms with Crippen LogP contribution < -0.4 is 5.32 Å². The average molecular weight is 959 g/mol. The van der Waals surface area contributed by atoms with Gasteiger partial charge in [0.05, 0.1) is 25.4 Å². The van der Waals surface area contributed by atoms with Gasteiger partial charge in [0.2, 0.25) is 5.91 Å². The zero-order valence-corrected chi connectivity index (χ0v) is 45.9. The maximum Gasteiger partial charge on any atom is 0.305 e. The minimum absolute atomic E-state index is 0.00727. The molecule has 0 aliphatic carbocycles. The highest BCUT2D eigenvalue weighted by Gasteiger charge is 2.20. The zero-order valence-electron chi connectivity index (χ0n) is 45.9. The van der Waals surface area contributed by atoms with Gasteiger partial charge in [0.15, 0.2) is 0 Å². The molecule has 0 aromatic rings. The van der Waals surface area contributed by atoms with E-state index in [2.05, 4.69) is 43.5 Å². The van der Waals surface area contributed by atoms with Crippen molar-refractivity contribution in [2.45, 2.75) is 347 Å². The number of aliphatic hydroxyl groups is 2. The van der Waals surface area contributed by atoms with Crippen LogP contribution in [0, 0.1) is 0 Å². The Labute approximate surface area is 424 Å². The summed E-state index contributed by atoms with van der Waals surface area (Å²) in [7, 11) is 0. The molecular formula is C62H119NO5. The van der Waals surface area contributed by atoms with Crippen LogP contribution in [0.2, 0.25) is 0 Å². The lowest BCUT2D eigenvalue weighted by molar-refractivity contribution is -0.143. The first kappa shape index (κ1) is 66.3. The fourth-order valence-electron chi connectivity index (χ4n) is 9.55. The van der Waals surface area contributed by atoms with E-state index in [1.54, 1.807) is 0 Å². The predicted octanol–water partition coefficient (Wildman–Crippen LogP) is 19.0. The van der Waals surface area contributed by atoms with E-state index in [0.29, 0.717) is 25.9 Å². The number of esters is 1. The average Bonchev–Trinajstić information content (AvgIpc) is 3.34. The van der Waals surface area contributed by atoms with Gasteiger partial charge in [-0.15, -0.1) is 0 Å². The van der Waals surface area contributed by atoms with Crippen LogP contribution in [0.1, 0.15) is 335 Å². The molecule has 0 aromatic carbocycles. The molecule has 2 atom stereocenters. The van der Waals surface area contributed by atoms with E-state index in [1.807, 2.05) is 0 Å². The number of carbonyl (C=O) groups excluding carboxylic acids is 2. The third kappa shape index (κ3) is 53.7. The summed E-state index contributed by atoms with van der Waals surface area (Å²) in [6.45, 7) is 4.93. The minimum atomic E-state index is -0.662. The lowest BCUT2D eigenvalue weighted by atomic mass is 10.0. The topological polar surface area (TPSA) is 95.9 Å². The molecule has 0 rings (SSSR count). The number of amides is 1. The molecule has 68 heavy (non-hydrogen) atoms. The number of allylic oxidation sites excluding steroid dienone is 4. The second kappa shape index (κ2) is 57.9. The van der Waals surface area contributed by atoms with Crippen LogP contribution in [-0.2, 0) is 14.3 Å². The van der Waals surface area contributed by atoms with Crippen molar-refractivity contribution in [1.82, 2.24) is 5.32 Å². The first-order chi connectivity index (χ1) is 33.5. The summed E-state index contributed by atoms with van der Waals surface area (Å²) >= 11 is 0. The lowest BCUT2D eigenvalue weighted by Crippen LogP contribution is -2.45. The predicted molar refractivity (Wildman–Crippen MR) is 296 cm³/mol. The smallest absolute Gasteiger partial charge is 0.305 e. The van der Waals surface area contributed by atoms with E-state index >= 15 is 0 Å². The minimum Gasteiger partial charge on any atom is -0.466 e. The van der Waals surface area contributed by atoms with Gasteiger partial charge in [-0.25, -0.2) is 0 Å². The second-order valence-electron chi connectivity index (χ2n) is 21.0. The van der Waals surface area contributed by atoms with Crippen molar-refractivity contribution >= 4 is 11.9 Å². The Bertz CT molecular complexity index is 1060. The van der Waals surface area contributed by atoms with Gasteiger partial charge in [-0.1, -0.05) is 289 Å². The van der Waals surface area contributed by atoms with E-state index in [-0.39, 0.29) is 18.5 Å². The third-order valence-corrected chi connectivity index (χ3v) is 14.3. The van der Waals surface area contributed by atoms with Crippen molar-refractivity contribution in [1.29, 1.82) is 0 Å². The molecule has 2 unspecified atom stereocenters. The molecule has 6 nitrogen and oxygen atoms in total. The Morgan fingerprint density at radius 1 is 0.412 bits per heavy atom. The van der Waals surface area contributed by atoms with Crippen LogP contribution in [0.5, 0.6) is 0 Å². The fourth-order valence-corrected chi connectivity index (χ4v) is 9.55. The van der Waals surface area contributed by atoms with Gasteiger partial charge in [0.1, 0.15) is 0 Å². The van der Waals surface area contributed by atoms with Crippen molar-refractivity contribution in [2.24, 2.45) is 0 Å². The molecule has 0 heterocycles. The molecule has 0 spiro atoms. The van der Waals surface area contributed by atoms with E-state index in [0.717, 1.165) is 51.4 Å². The first-order valence-corrected chi connectivity index (χ1v) is 30.6. The monoisotopic (exact) mass is 958 g/mol. The SMILES string of the molecule is CCCCCC/C=C\C/C=C\CCCCCCCCCC(=O)OCCCCCCCCCCCCCCCCCCCCCCCCCC(=O)NC(CO)C(O)CCCCCCCCCCCC. The van der Waals surface area contributed by atoms with Crippen LogP contribution in [-0.4, -0.2) is 47.4 Å². The van der Waals surface area contributed by atoms with Crippen LogP contribution in [0.25, 0.3) is 0 Å². The van der Waals surface area contributed by atoms with Crippen molar-refractivity contribution in [3.63, 3.8) is 0 Å². The van der Waals surface area contributed by atoms with Gasteiger partial charge in [-0.05, 0) is 57.8 Å². The van der Waals surface area contributed by atoms with Crippen LogP contribution in [0.3, 0.4) is 0 Å². The van der Waals surface area contributed by atoms with Gasteiger partial charge in [0, 0.05) is 12.8 Å². The maximum atomic E-state index is 12.4. The molecule has 0 saturated heterocycles. The van der Waals surface area contributed by atoms with Crippen molar-refractivity contribution in [3.8, 4) is 0 Å². The van der Waals surface area contributed by atoms with Crippen molar-refractivity contribution < 1.29 is 24.5 Å². The number of nitrogens with one attached hydrogen (secondary N) is 1. The summed E-state index contributed by atoms with van der Waals surface area (Å²) in [6, 6.07) is -0.539. The molecule has 0 aromatic heterocycles. The molecule has 0 aliphatic heterocycles. The number of ether oxygens (including phenoxy) is 1. The van der Waals surface area contributed by atoms with Crippen LogP contribution >= 0.6 is 0 Å². The number of hydrogen-bond donors (Lipinski definition) is 3. The van der Waals surface area contributed by atoms with Crippen molar-refractivity contribution in [3.05, 3.63) is 24.3 Å². The standard InChI is InChI=1S/C62H119NO5/c1-3-5-7-9-11-13-15-16-17-18-27-30-33-36-40-44-48-52-56-62(67)68-57-53-49-45-41-37-34-31-28-25-23-21-19-20-22-24-26-29-32-35-39-43-47-51-55-61(66)63-59(58-64)60(65)54-50-46-42-38-14-12-10-8-6-4-2/h13,15,17-18,59-60,64-65H,3-12,14,16,19-58H2,1-2H3,(H,63,66)/b15-13-,18-17-. The highest BCUT2D eigenvalue weighted by atomic mass is 16.5. The third-order valence-electron chi connectivity index (χ3n) is 14.3. The van der Waals surface area contributed by atoms with E-state index in [1.165, 1.54) is 250 Å². The Balaban J connectivity index is 3.34. The summed E-state index contributed by atoms with van der Waals surface area (Å²) in [5.74, 6) is -0.0280. The highest BCUT2D eigenvalue weighted by molar-refractivity contribution is 5.76. The lowest BCUT2D eigenvalue weighted by Gasteiger charge is -2.22. The number of carbonyl (C=O) groups is 2. The van der Waals surface area contributed by atoms with Gasteiger partial charge in [-0.2, -0.15) is 0 Å². The summed E-state index contributed by atoms with van der Waals surface area (Å²) in [6.07, 6.45) is 70.5. The zero-order chi connectivity index (χ0) is 49.3. The quantitative estimate of drug-likeness (QED) is 0.0321. The maximum absolute atomic E-state index is 12.4. The summed E-state index contributed by atoms with van der Waals surface area (Å²) in [5.41, 5.74) is 0. The molecule has 0 radical (unpaired) electrons. The Hall–Kier alpha value is -1.66. The number of hydrogen-bond acceptors (Lipinski definition) is 5. The normalized spacial score (nSPS) is 12.7. The van der Waals surface area contributed by atoms with Crippen molar-refractivity contribution in [2.75, 3.05) is 13.2 Å². The molecular weight excluding hydrogens is 839 g/mol. The van der Waals surface area contributed by atoms with E-state index < -0.39 is 12.1 Å². The Morgan fingerprint density at radius 2 is 0.735 bits per heavy atom. The molecule has 1 amide bonds. The summed E-state index contributed by atoms with van der Waals surface area (Å²) in [5, 5.41) is 23.2. The highest BCUT2D eigenvalue weighted by Crippen LogP contribution is 2.18. The van der Waals surface area contributed by atoms with Gasteiger partial charge in [0.25, 0.3) is 0 Å².